The summed E-state index contributed by atoms with van der Waals surface area (Å²) in [6.07, 6.45) is 3.75. The predicted molar refractivity (Wildman–Crippen MR) is 73.0 cm³/mol. The number of rotatable bonds is 3. The molecule has 1 aliphatic rings. The summed E-state index contributed by atoms with van der Waals surface area (Å²) in [7, 11) is 1.73. The number of benzene rings is 1. The van der Waals surface area contributed by atoms with E-state index in [2.05, 4.69) is 23.6 Å². The summed E-state index contributed by atoms with van der Waals surface area (Å²) in [6.45, 7) is 0.754. The van der Waals surface area contributed by atoms with Crippen LogP contribution in [0.3, 0.4) is 0 Å². The average molecular weight is 247 g/mol. The lowest BCUT2D eigenvalue weighted by Crippen LogP contribution is -2.41. The Balaban J connectivity index is 2.21. The molecule has 90 valence electrons. The van der Waals surface area contributed by atoms with Crippen LogP contribution in [0.2, 0.25) is 0 Å². The highest BCUT2D eigenvalue weighted by atomic mass is 32.1. The van der Waals surface area contributed by atoms with E-state index in [1.54, 1.807) is 18.4 Å². The molecule has 0 unspecified atom stereocenters. The van der Waals surface area contributed by atoms with Crippen LogP contribution in [-0.4, -0.2) is 13.7 Å². The fourth-order valence-electron chi connectivity index (χ4n) is 2.85. The van der Waals surface area contributed by atoms with Gasteiger partial charge in [0.05, 0.1) is 11.8 Å². The van der Waals surface area contributed by atoms with Gasteiger partial charge in [-0.25, -0.2) is 0 Å². The molecule has 0 radical (unpaired) electrons. The molecule has 17 heavy (non-hydrogen) atoms. The van der Waals surface area contributed by atoms with Gasteiger partial charge in [-0.05, 0) is 35.9 Å². The Bertz CT molecular complexity index is 537. The smallest absolute Gasteiger partial charge is 0.136 e. The van der Waals surface area contributed by atoms with Crippen molar-refractivity contribution in [3.8, 4) is 5.75 Å². The number of ether oxygens (including phenoxy) is 1. The summed E-state index contributed by atoms with van der Waals surface area (Å²) in [5.41, 5.74) is 7.65. The van der Waals surface area contributed by atoms with Crippen LogP contribution in [-0.2, 0) is 5.41 Å². The molecule has 2 nitrogen and oxygen atoms in total. The first kappa shape index (κ1) is 11.1. The molecule has 2 N–H and O–H groups in total. The second kappa shape index (κ2) is 4.00. The zero-order chi connectivity index (χ0) is 11.9. The highest BCUT2D eigenvalue weighted by molar-refractivity contribution is 7.17. The molecule has 3 heteroatoms. The largest absolute Gasteiger partial charge is 0.495 e. The Kier molecular flexibility index (Phi) is 2.60. The van der Waals surface area contributed by atoms with Gasteiger partial charge in [-0.1, -0.05) is 12.5 Å². The van der Waals surface area contributed by atoms with Gasteiger partial charge in [0.15, 0.2) is 0 Å². The lowest BCUT2D eigenvalue weighted by molar-refractivity contribution is 0.255. The molecule has 0 spiro atoms. The van der Waals surface area contributed by atoms with Crippen molar-refractivity contribution in [2.45, 2.75) is 24.7 Å². The van der Waals surface area contributed by atoms with Crippen LogP contribution in [0, 0.1) is 0 Å². The van der Waals surface area contributed by atoms with Gasteiger partial charge in [-0.2, -0.15) is 0 Å². The summed E-state index contributed by atoms with van der Waals surface area (Å²) < 4.78 is 6.67. The zero-order valence-corrected chi connectivity index (χ0v) is 10.8. The topological polar surface area (TPSA) is 35.2 Å². The maximum Gasteiger partial charge on any atom is 0.136 e. The van der Waals surface area contributed by atoms with E-state index in [0.717, 1.165) is 12.3 Å². The van der Waals surface area contributed by atoms with Crippen molar-refractivity contribution in [1.29, 1.82) is 0 Å². The van der Waals surface area contributed by atoms with Gasteiger partial charge in [0.1, 0.15) is 5.75 Å². The maximum absolute atomic E-state index is 6.00. The van der Waals surface area contributed by atoms with E-state index in [1.807, 2.05) is 0 Å². The average Bonchev–Trinajstić information content (AvgIpc) is 2.77. The summed E-state index contributed by atoms with van der Waals surface area (Å²) in [4.78, 5) is 0. The summed E-state index contributed by atoms with van der Waals surface area (Å²) >= 11 is 1.75. The van der Waals surface area contributed by atoms with E-state index < -0.39 is 0 Å². The molecule has 0 saturated heterocycles. The summed E-state index contributed by atoms with van der Waals surface area (Å²) in [5, 5.41) is 3.47. The molecule has 1 aromatic heterocycles. The van der Waals surface area contributed by atoms with E-state index in [9.17, 15) is 0 Å². The molecular weight excluding hydrogens is 230 g/mol. The third-order valence-corrected chi connectivity index (χ3v) is 5.00. The Labute approximate surface area is 105 Å². The van der Waals surface area contributed by atoms with Gasteiger partial charge < -0.3 is 10.5 Å². The lowest BCUT2D eigenvalue weighted by atomic mass is 9.64. The molecule has 1 saturated carbocycles. The van der Waals surface area contributed by atoms with Gasteiger partial charge in [-0.15, -0.1) is 11.3 Å². The number of nitrogens with two attached hydrogens (primary N) is 1. The first-order valence-electron chi connectivity index (χ1n) is 6.05. The second-order valence-electron chi connectivity index (χ2n) is 4.82. The molecule has 1 aromatic carbocycles. The van der Waals surface area contributed by atoms with E-state index >= 15 is 0 Å². The minimum atomic E-state index is 0.228. The third-order valence-electron chi connectivity index (χ3n) is 4.07. The van der Waals surface area contributed by atoms with E-state index in [1.165, 1.54) is 34.9 Å². The Hall–Kier alpha value is -1.06. The van der Waals surface area contributed by atoms with Gasteiger partial charge in [0.25, 0.3) is 0 Å². The van der Waals surface area contributed by atoms with E-state index in [4.69, 9.17) is 10.5 Å². The van der Waals surface area contributed by atoms with Crippen LogP contribution in [0.5, 0.6) is 5.75 Å². The first-order chi connectivity index (χ1) is 8.30. The van der Waals surface area contributed by atoms with Crippen molar-refractivity contribution in [2.24, 2.45) is 5.73 Å². The van der Waals surface area contributed by atoms with Crippen LogP contribution in [0.4, 0.5) is 0 Å². The number of fused-ring (bicyclic) bond motifs is 1. The Morgan fingerprint density at radius 1 is 1.35 bits per heavy atom. The third kappa shape index (κ3) is 1.49. The SMILES string of the molecule is COc1ccc(C2(CN)CCC2)c2ccsc12. The van der Waals surface area contributed by atoms with Crippen molar-refractivity contribution in [1.82, 2.24) is 0 Å². The highest BCUT2D eigenvalue weighted by Crippen LogP contribution is 2.47. The predicted octanol–water partition coefficient (Wildman–Crippen LogP) is 3.29. The number of thiophene rings is 1. The van der Waals surface area contributed by atoms with Gasteiger partial charge >= 0.3 is 0 Å². The zero-order valence-electron chi connectivity index (χ0n) is 10.0. The monoisotopic (exact) mass is 247 g/mol. The number of hydrogen-bond donors (Lipinski definition) is 1. The van der Waals surface area contributed by atoms with Crippen LogP contribution >= 0.6 is 11.3 Å². The van der Waals surface area contributed by atoms with Crippen molar-refractivity contribution in [3.05, 3.63) is 29.1 Å². The van der Waals surface area contributed by atoms with Crippen molar-refractivity contribution in [2.75, 3.05) is 13.7 Å². The van der Waals surface area contributed by atoms with E-state index in [0.29, 0.717) is 0 Å². The van der Waals surface area contributed by atoms with Crippen LogP contribution in [0.15, 0.2) is 23.6 Å². The fraction of sp³-hybridized carbons (Fsp3) is 0.429. The normalized spacial score (nSPS) is 18.0. The summed E-state index contributed by atoms with van der Waals surface area (Å²) in [5.74, 6) is 0.977. The first-order valence-corrected chi connectivity index (χ1v) is 6.93. The molecular formula is C14H17NOS. The number of hydrogen-bond acceptors (Lipinski definition) is 3. The molecule has 2 aromatic rings. The number of methoxy groups -OCH3 is 1. The maximum atomic E-state index is 6.00. The molecule has 3 rings (SSSR count). The molecule has 1 aliphatic carbocycles. The Morgan fingerprint density at radius 3 is 2.76 bits per heavy atom. The molecule has 0 amide bonds. The minimum absolute atomic E-state index is 0.228. The lowest BCUT2D eigenvalue weighted by Gasteiger charge is -2.42. The van der Waals surface area contributed by atoms with Gasteiger partial charge in [0, 0.05) is 17.3 Å². The molecule has 0 aliphatic heterocycles. The van der Waals surface area contributed by atoms with Crippen molar-refractivity contribution >= 4 is 21.4 Å². The van der Waals surface area contributed by atoms with Crippen LogP contribution in [0.25, 0.3) is 10.1 Å². The van der Waals surface area contributed by atoms with Crippen molar-refractivity contribution < 1.29 is 4.74 Å². The second-order valence-corrected chi connectivity index (χ2v) is 5.73. The molecule has 0 bridgehead atoms. The van der Waals surface area contributed by atoms with Crippen LogP contribution < -0.4 is 10.5 Å². The van der Waals surface area contributed by atoms with Gasteiger partial charge in [-0.3, -0.25) is 0 Å². The van der Waals surface area contributed by atoms with Crippen LogP contribution in [0.1, 0.15) is 24.8 Å². The molecule has 1 heterocycles. The minimum Gasteiger partial charge on any atom is -0.495 e. The van der Waals surface area contributed by atoms with E-state index in [-0.39, 0.29) is 5.41 Å². The quantitative estimate of drug-likeness (QED) is 0.903. The van der Waals surface area contributed by atoms with Crippen molar-refractivity contribution in [3.63, 3.8) is 0 Å². The Morgan fingerprint density at radius 2 is 2.18 bits per heavy atom. The highest BCUT2D eigenvalue weighted by Gasteiger charge is 2.38. The van der Waals surface area contributed by atoms with Gasteiger partial charge in [0.2, 0.25) is 0 Å². The standard InChI is InChI=1S/C14H17NOS/c1-16-12-4-3-11(10-5-8-17-13(10)12)14(9-15)6-2-7-14/h3-5,8H,2,6-7,9,15H2,1H3. The fourth-order valence-corrected chi connectivity index (χ4v) is 3.76. The molecule has 1 fully saturated rings. The molecule has 0 atom stereocenters. The summed E-state index contributed by atoms with van der Waals surface area (Å²) in [6, 6.07) is 6.50.